The predicted molar refractivity (Wildman–Crippen MR) is 69.9 cm³/mol. The SMILES string of the molecule is CC(C)N(C)CCCNc1nc(C(=O)O)cs1. The topological polar surface area (TPSA) is 65.5 Å². The number of thiazole rings is 1. The molecular weight excluding hydrogens is 238 g/mol. The van der Waals surface area contributed by atoms with Gasteiger partial charge in [-0.3, -0.25) is 0 Å². The summed E-state index contributed by atoms with van der Waals surface area (Å²) < 4.78 is 0. The van der Waals surface area contributed by atoms with E-state index in [0.29, 0.717) is 11.2 Å². The molecule has 1 heterocycles. The normalized spacial score (nSPS) is 11.1. The molecule has 1 aromatic rings. The third-order valence-electron chi connectivity index (χ3n) is 2.57. The Balaban J connectivity index is 2.24. The highest BCUT2D eigenvalue weighted by Gasteiger charge is 2.08. The Labute approximate surface area is 105 Å². The molecule has 0 saturated heterocycles. The van der Waals surface area contributed by atoms with Gasteiger partial charge in [0.1, 0.15) is 0 Å². The second-order valence-corrected chi connectivity index (χ2v) is 5.06. The molecule has 0 aliphatic carbocycles. The Morgan fingerprint density at radius 3 is 2.88 bits per heavy atom. The Bertz CT molecular complexity index is 365. The van der Waals surface area contributed by atoms with Crippen molar-refractivity contribution in [3.8, 4) is 0 Å². The molecule has 0 fully saturated rings. The molecule has 0 saturated carbocycles. The zero-order chi connectivity index (χ0) is 12.8. The number of nitrogens with one attached hydrogen (secondary N) is 1. The van der Waals surface area contributed by atoms with Crippen molar-refractivity contribution in [2.24, 2.45) is 0 Å². The summed E-state index contributed by atoms with van der Waals surface area (Å²) >= 11 is 1.33. The lowest BCUT2D eigenvalue weighted by atomic mass is 10.3. The average molecular weight is 257 g/mol. The van der Waals surface area contributed by atoms with E-state index in [4.69, 9.17) is 5.11 Å². The molecule has 1 rings (SSSR count). The van der Waals surface area contributed by atoms with Crippen LogP contribution in [0.5, 0.6) is 0 Å². The second-order valence-electron chi connectivity index (χ2n) is 4.20. The van der Waals surface area contributed by atoms with Crippen LogP contribution >= 0.6 is 11.3 Å². The molecule has 0 radical (unpaired) electrons. The lowest BCUT2D eigenvalue weighted by Crippen LogP contribution is -2.28. The second kappa shape index (κ2) is 6.56. The molecule has 96 valence electrons. The van der Waals surface area contributed by atoms with Gasteiger partial charge in [-0.15, -0.1) is 11.3 Å². The first-order chi connectivity index (χ1) is 8.00. The first-order valence-corrected chi connectivity index (χ1v) is 6.51. The predicted octanol–water partition coefficient (Wildman–Crippen LogP) is 1.98. The van der Waals surface area contributed by atoms with E-state index in [1.807, 2.05) is 0 Å². The molecule has 0 unspecified atom stereocenters. The fourth-order valence-electron chi connectivity index (χ4n) is 1.24. The Morgan fingerprint density at radius 1 is 1.65 bits per heavy atom. The zero-order valence-electron chi connectivity index (χ0n) is 10.4. The van der Waals surface area contributed by atoms with Crippen molar-refractivity contribution < 1.29 is 9.90 Å². The smallest absolute Gasteiger partial charge is 0.355 e. The molecular formula is C11H19N3O2S. The van der Waals surface area contributed by atoms with E-state index in [0.717, 1.165) is 19.5 Å². The molecule has 17 heavy (non-hydrogen) atoms. The number of aromatic nitrogens is 1. The number of carboxylic acid groups (broad SMARTS) is 1. The maximum Gasteiger partial charge on any atom is 0.355 e. The maximum atomic E-state index is 10.6. The van der Waals surface area contributed by atoms with Crippen LogP contribution in [0.1, 0.15) is 30.8 Å². The van der Waals surface area contributed by atoms with Gasteiger partial charge in [0.2, 0.25) is 0 Å². The van der Waals surface area contributed by atoms with Crippen LogP contribution in [0.4, 0.5) is 5.13 Å². The zero-order valence-corrected chi connectivity index (χ0v) is 11.3. The summed E-state index contributed by atoms with van der Waals surface area (Å²) in [5.74, 6) is -0.978. The van der Waals surface area contributed by atoms with Crippen LogP contribution in [0, 0.1) is 0 Å². The van der Waals surface area contributed by atoms with Crippen LogP contribution in [0.15, 0.2) is 5.38 Å². The van der Waals surface area contributed by atoms with Crippen molar-refractivity contribution in [2.75, 3.05) is 25.5 Å². The van der Waals surface area contributed by atoms with E-state index >= 15 is 0 Å². The first kappa shape index (κ1) is 13.9. The Hall–Kier alpha value is -1.14. The molecule has 0 bridgehead atoms. The summed E-state index contributed by atoms with van der Waals surface area (Å²) in [5, 5.41) is 14.1. The van der Waals surface area contributed by atoms with E-state index in [2.05, 4.69) is 36.1 Å². The fraction of sp³-hybridized carbons (Fsp3) is 0.636. The van der Waals surface area contributed by atoms with Crippen molar-refractivity contribution in [1.82, 2.24) is 9.88 Å². The maximum absolute atomic E-state index is 10.6. The summed E-state index contributed by atoms with van der Waals surface area (Å²) in [6.07, 6.45) is 1.01. The average Bonchev–Trinajstić information content (AvgIpc) is 2.72. The van der Waals surface area contributed by atoms with Crippen LogP contribution < -0.4 is 5.32 Å². The van der Waals surface area contributed by atoms with Crippen LogP contribution in [0.2, 0.25) is 0 Å². The van der Waals surface area contributed by atoms with Crippen molar-refractivity contribution in [3.63, 3.8) is 0 Å². The summed E-state index contributed by atoms with van der Waals surface area (Å²) in [7, 11) is 2.09. The quantitative estimate of drug-likeness (QED) is 0.731. The molecule has 0 aromatic carbocycles. The molecule has 0 spiro atoms. The van der Waals surface area contributed by atoms with Gasteiger partial charge < -0.3 is 15.3 Å². The number of anilines is 1. The number of hydrogen-bond acceptors (Lipinski definition) is 5. The standard InChI is InChI=1S/C11H19N3O2S/c1-8(2)14(3)6-4-5-12-11-13-9(7-17-11)10(15)16/h7-8H,4-6H2,1-3H3,(H,12,13)(H,15,16). The fourth-order valence-corrected chi connectivity index (χ4v) is 1.95. The van der Waals surface area contributed by atoms with Gasteiger partial charge in [-0.05, 0) is 33.9 Å². The number of rotatable bonds is 7. The highest BCUT2D eigenvalue weighted by Crippen LogP contribution is 2.15. The largest absolute Gasteiger partial charge is 0.476 e. The van der Waals surface area contributed by atoms with Crippen molar-refractivity contribution in [2.45, 2.75) is 26.3 Å². The van der Waals surface area contributed by atoms with Crippen molar-refractivity contribution >= 4 is 22.4 Å². The van der Waals surface area contributed by atoms with Gasteiger partial charge in [-0.1, -0.05) is 0 Å². The van der Waals surface area contributed by atoms with Gasteiger partial charge in [0.15, 0.2) is 10.8 Å². The number of aromatic carboxylic acids is 1. The molecule has 1 aromatic heterocycles. The molecule has 0 aliphatic rings. The summed E-state index contributed by atoms with van der Waals surface area (Å²) in [6, 6.07) is 0.550. The minimum absolute atomic E-state index is 0.108. The van der Waals surface area contributed by atoms with E-state index in [1.165, 1.54) is 11.3 Å². The van der Waals surface area contributed by atoms with E-state index in [1.54, 1.807) is 5.38 Å². The van der Waals surface area contributed by atoms with Gasteiger partial charge in [-0.2, -0.15) is 0 Å². The molecule has 0 atom stereocenters. The highest BCUT2D eigenvalue weighted by molar-refractivity contribution is 7.13. The van der Waals surface area contributed by atoms with Gasteiger partial charge in [0.05, 0.1) is 0 Å². The summed E-state index contributed by atoms with van der Waals surface area (Å²) in [5.41, 5.74) is 0.108. The lowest BCUT2D eigenvalue weighted by molar-refractivity contribution is 0.0691. The van der Waals surface area contributed by atoms with Gasteiger partial charge in [0.25, 0.3) is 0 Å². The monoisotopic (exact) mass is 257 g/mol. The Kier molecular flexibility index (Phi) is 5.37. The van der Waals surface area contributed by atoms with Crippen molar-refractivity contribution in [3.05, 3.63) is 11.1 Å². The lowest BCUT2D eigenvalue weighted by Gasteiger charge is -2.20. The molecule has 0 aliphatic heterocycles. The third kappa shape index (κ3) is 4.70. The molecule has 2 N–H and O–H groups in total. The number of carboxylic acids is 1. The van der Waals surface area contributed by atoms with Gasteiger partial charge in [-0.25, -0.2) is 9.78 Å². The molecule has 6 heteroatoms. The third-order valence-corrected chi connectivity index (χ3v) is 3.37. The van der Waals surface area contributed by atoms with Crippen LogP contribution in [-0.4, -0.2) is 47.1 Å². The van der Waals surface area contributed by atoms with Crippen molar-refractivity contribution in [1.29, 1.82) is 0 Å². The molecule has 5 nitrogen and oxygen atoms in total. The van der Waals surface area contributed by atoms with E-state index in [9.17, 15) is 4.79 Å². The highest BCUT2D eigenvalue weighted by atomic mass is 32.1. The van der Waals surface area contributed by atoms with Crippen LogP contribution in [0.25, 0.3) is 0 Å². The summed E-state index contributed by atoms with van der Waals surface area (Å²) in [6.45, 7) is 6.15. The van der Waals surface area contributed by atoms with Gasteiger partial charge in [0, 0.05) is 18.0 Å². The van der Waals surface area contributed by atoms with E-state index in [-0.39, 0.29) is 5.69 Å². The number of carbonyl (C=O) groups is 1. The number of hydrogen-bond donors (Lipinski definition) is 2. The minimum Gasteiger partial charge on any atom is -0.476 e. The molecule has 0 amide bonds. The minimum atomic E-state index is -0.978. The van der Waals surface area contributed by atoms with E-state index < -0.39 is 5.97 Å². The Morgan fingerprint density at radius 2 is 2.35 bits per heavy atom. The first-order valence-electron chi connectivity index (χ1n) is 5.63. The number of nitrogens with zero attached hydrogens (tertiary/aromatic N) is 2. The summed E-state index contributed by atoms with van der Waals surface area (Å²) in [4.78, 5) is 16.8. The van der Waals surface area contributed by atoms with Crippen LogP contribution in [0.3, 0.4) is 0 Å². The van der Waals surface area contributed by atoms with Gasteiger partial charge >= 0.3 is 5.97 Å². The van der Waals surface area contributed by atoms with Crippen LogP contribution in [-0.2, 0) is 0 Å².